The smallest absolute Gasteiger partial charge is 0.310 e. The number of halogens is 2. The molecule has 0 aromatic heterocycles. The van der Waals surface area contributed by atoms with E-state index in [1.807, 2.05) is 12.1 Å². The summed E-state index contributed by atoms with van der Waals surface area (Å²) in [4.78, 5) is 25.8. The highest BCUT2D eigenvalue weighted by atomic mass is 35.5. The van der Waals surface area contributed by atoms with Crippen LogP contribution in [0.4, 0.5) is 0 Å². The van der Waals surface area contributed by atoms with Gasteiger partial charge in [0, 0.05) is 21.9 Å². The SMILES string of the molecule is CC1CCCC[C@H]1OC(=O)C1[C@@H](c2ccccc2Cl)C(C(=O)O)[C@@H]1c1ccccc1Cl. The molecule has 0 aliphatic heterocycles. The van der Waals surface area contributed by atoms with Crippen molar-refractivity contribution in [1.29, 1.82) is 0 Å². The Bertz CT molecular complexity index is 922. The monoisotopic (exact) mass is 460 g/mol. The van der Waals surface area contributed by atoms with Crippen LogP contribution in [0.2, 0.25) is 10.0 Å². The fraction of sp³-hybridized carbons (Fsp3) is 0.440. The van der Waals surface area contributed by atoms with Gasteiger partial charge < -0.3 is 9.84 Å². The number of rotatable bonds is 5. The van der Waals surface area contributed by atoms with E-state index in [1.165, 1.54) is 0 Å². The fourth-order valence-corrected chi connectivity index (χ4v) is 5.82. The van der Waals surface area contributed by atoms with E-state index in [0.717, 1.165) is 25.7 Å². The Hall–Kier alpha value is -2.04. The molecule has 2 aromatic carbocycles. The van der Waals surface area contributed by atoms with Crippen LogP contribution in [0.1, 0.15) is 55.6 Å². The number of hydrogen-bond donors (Lipinski definition) is 1. The van der Waals surface area contributed by atoms with Gasteiger partial charge in [-0.2, -0.15) is 0 Å². The van der Waals surface area contributed by atoms with Crippen LogP contribution in [0.5, 0.6) is 0 Å². The van der Waals surface area contributed by atoms with Crippen molar-refractivity contribution >= 4 is 35.1 Å². The Morgan fingerprint density at radius 2 is 1.39 bits per heavy atom. The summed E-state index contributed by atoms with van der Waals surface area (Å²) in [6.45, 7) is 2.11. The van der Waals surface area contributed by atoms with Gasteiger partial charge in [0.2, 0.25) is 0 Å². The van der Waals surface area contributed by atoms with Crippen molar-refractivity contribution in [1.82, 2.24) is 0 Å². The van der Waals surface area contributed by atoms with Gasteiger partial charge in [-0.3, -0.25) is 9.59 Å². The molecule has 0 bridgehead atoms. The summed E-state index contributed by atoms with van der Waals surface area (Å²) < 4.78 is 6.00. The average molecular weight is 461 g/mol. The molecule has 31 heavy (non-hydrogen) atoms. The molecule has 0 heterocycles. The van der Waals surface area contributed by atoms with E-state index < -0.39 is 29.6 Å². The zero-order valence-corrected chi connectivity index (χ0v) is 18.9. The lowest BCUT2D eigenvalue weighted by atomic mass is 9.52. The van der Waals surface area contributed by atoms with Gasteiger partial charge in [-0.25, -0.2) is 0 Å². The third kappa shape index (κ3) is 4.20. The molecule has 2 aromatic rings. The molecule has 2 aliphatic carbocycles. The number of hydrogen-bond acceptors (Lipinski definition) is 3. The maximum absolute atomic E-state index is 13.5. The molecule has 0 saturated heterocycles. The second-order valence-electron chi connectivity index (χ2n) is 8.72. The van der Waals surface area contributed by atoms with Gasteiger partial charge in [-0.15, -0.1) is 0 Å². The Labute approximate surface area is 192 Å². The van der Waals surface area contributed by atoms with Crippen LogP contribution in [-0.4, -0.2) is 23.1 Å². The molecule has 2 fully saturated rings. The molecule has 4 nitrogen and oxygen atoms in total. The van der Waals surface area contributed by atoms with Gasteiger partial charge in [0.05, 0.1) is 11.8 Å². The number of ether oxygens (including phenoxy) is 1. The minimum absolute atomic E-state index is 0.135. The van der Waals surface area contributed by atoms with Crippen molar-refractivity contribution in [3.63, 3.8) is 0 Å². The average Bonchev–Trinajstić information content (AvgIpc) is 2.71. The van der Waals surface area contributed by atoms with E-state index in [9.17, 15) is 14.7 Å². The molecule has 1 N–H and O–H groups in total. The van der Waals surface area contributed by atoms with Gasteiger partial charge in [-0.1, -0.05) is 72.9 Å². The van der Waals surface area contributed by atoms with Crippen LogP contribution in [-0.2, 0) is 14.3 Å². The predicted molar refractivity (Wildman–Crippen MR) is 121 cm³/mol. The summed E-state index contributed by atoms with van der Waals surface area (Å²) in [5.74, 6) is -3.64. The molecule has 2 aliphatic rings. The van der Waals surface area contributed by atoms with E-state index in [4.69, 9.17) is 27.9 Å². The molecule has 2 saturated carbocycles. The molecule has 0 radical (unpaired) electrons. The molecule has 0 spiro atoms. The first-order chi connectivity index (χ1) is 14.9. The predicted octanol–water partition coefficient (Wildman–Crippen LogP) is 6.31. The van der Waals surface area contributed by atoms with Crippen molar-refractivity contribution < 1.29 is 19.4 Å². The van der Waals surface area contributed by atoms with Crippen molar-refractivity contribution in [3.8, 4) is 0 Å². The molecular formula is C25H26Cl2O4. The van der Waals surface area contributed by atoms with Crippen LogP contribution in [0.15, 0.2) is 48.5 Å². The normalized spacial score (nSPS) is 30.3. The first-order valence-electron chi connectivity index (χ1n) is 10.8. The number of esters is 1. The number of carboxylic acid groups (broad SMARTS) is 1. The largest absolute Gasteiger partial charge is 0.481 e. The van der Waals surface area contributed by atoms with Crippen molar-refractivity contribution in [2.75, 3.05) is 0 Å². The summed E-state index contributed by atoms with van der Waals surface area (Å²) in [6, 6.07) is 14.3. The molecule has 1 unspecified atom stereocenters. The lowest BCUT2D eigenvalue weighted by Crippen LogP contribution is -2.52. The zero-order chi connectivity index (χ0) is 22.1. The van der Waals surface area contributed by atoms with Crippen LogP contribution in [0.3, 0.4) is 0 Å². The number of benzene rings is 2. The maximum atomic E-state index is 13.5. The summed E-state index contributed by atoms with van der Waals surface area (Å²) in [7, 11) is 0. The van der Waals surface area contributed by atoms with Gasteiger partial charge in [0.25, 0.3) is 0 Å². The quantitative estimate of drug-likeness (QED) is 0.530. The summed E-state index contributed by atoms with van der Waals surface area (Å²) >= 11 is 12.9. The van der Waals surface area contributed by atoms with E-state index >= 15 is 0 Å². The highest BCUT2D eigenvalue weighted by Gasteiger charge is 2.60. The summed E-state index contributed by atoms with van der Waals surface area (Å²) in [5, 5.41) is 11.0. The van der Waals surface area contributed by atoms with Crippen LogP contribution in [0.25, 0.3) is 0 Å². The van der Waals surface area contributed by atoms with Crippen molar-refractivity contribution in [3.05, 3.63) is 69.7 Å². The summed E-state index contributed by atoms with van der Waals surface area (Å²) in [5.41, 5.74) is 1.33. The van der Waals surface area contributed by atoms with Gasteiger partial charge in [0.1, 0.15) is 6.10 Å². The van der Waals surface area contributed by atoms with E-state index in [-0.39, 0.29) is 12.1 Å². The zero-order valence-electron chi connectivity index (χ0n) is 17.3. The minimum atomic E-state index is -0.968. The third-order valence-corrected chi connectivity index (χ3v) is 7.62. The Morgan fingerprint density at radius 1 is 0.871 bits per heavy atom. The van der Waals surface area contributed by atoms with Crippen molar-refractivity contribution in [2.45, 2.75) is 50.5 Å². The fourth-order valence-electron chi connectivity index (χ4n) is 5.30. The summed E-state index contributed by atoms with van der Waals surface area (Å²) in [6.07, 6.45) is 3.91. The standard InChI is InChI=1S/C25H26Cl2O4/c1-14-8-2-7-13-19(14)31-25(30)23-20(15-9-3-5-11-17(15)26)22(24(28)29)21(23)16-10-4-6-12-18(16)27/h3-6,9-12,14,19-23H,2,7-8,13H2,1H3,(H,28,29)/t14?,19-,20+,21+,22?,23?/m1/s1. The van der Waals surface area contributed by atoms with E-state index in [1.54, 1.807) is 36.4 Å². The Kier molecular flexibility index (Phi) is 6.59. The number of aliphatic carboxylic acids is 1. The first kappa shape index (κ1) is 22.2. The number of carboxylic acids is 1. The third-order valence-electron chi connectivity index (χ3n) is 6.93. The Morgan fingerprint density at radius 3 is 1.87 bits per heavy atom. The van der Waals surface area contributed by atoms with Crippen LogP contribution in [0, 0.1) is 17.8 Å². The maximum Gasteiger partial charge on any atom is 0.310 e. The molecule has 4 rings (SSSR count). The highest BCUT2D eigenvalue weighted by molar-refractivity contribution is 6.32. The molecule has 6 heteroatoms. The lowest BCUT2D eigenvalue weighted by Gasteiger charge is -2.50. The second-order valence-corrected chi connectivity index (χ2v) is 9.54. The molecule has 4 atom stereocenters. The van der Waals surface area contributed by atoms with Crippen molar-refractivity contribution in [2.24, 2.45) is 17.8 Å². The van der Waals surface area contributed by atoms with E-state index in [0.29, 0.717) is 27.1 Å². The number of carbonyl (C=O) groups excluding carboxylic acids is 1. The van der Waals surface area contributed by atoms with E-state index in [2.05, 4.69) is 6.92 Å². The van der Waals surface area contributed by atoms with Gasteiger partial charge in [0.15, 0.2) is 0 Å². The minimum Gasteiger partial charge on any atom is -0.481 e. The van der Waals surface area contributed by atoms with Gasteiger partial charge in [-0.05, 0) is 48.4 Å². The lowest BCUT2D eigenvalue weighted by molar-refractivity contribution is -0.171. The Balaban J connectivity index is 1.73. The molecule has 0 amide bonds. The molecular weight excluding hydrogens is 435 g/mol. The molecule has 164 valence electrons. The second kappa shape index (κ2) is 9.22. The highest BCUT2D eigenvalue weighted by Crippen LogP contribution is 2.60. The van der Waals surface area contributed by atoms with Gasteiger partial charge >= 0.3 is 11.9 Å². The van der Waals surface area contributed by atoms with Crippen LogP contribution < -0.4 is 0 Å². The first-order valence-corrected chi connectivity index (χ1v) is 11.6. The topological polar surface area (TPSA) is 63.6 Å². The van der Waals surface area contributed by atoms with Crippen LogP contribution >= 0.6 is 23.2 Å². The number of carbonyl (C=O) groups is 2.